The van der Waals surface area contributed by atoms with Gasteiger partial charge in [-0.15, -0.1) is 0 Å². The van der Waals surface area contributed by atoms with E-state index < -0.39 is 5.41 Å². The molecule has 0 spiro atoms. The van der Waals surface area contributed by atoms with Gasteiger partial charge in [-0.2, -0.15) is 5.26 Å². The van der Waals surface area contributed by atoms with Gasteiger partial charge in [-0.3, -0.25) is 9.59 Å². The van der Waals surface area contributed by atoms with E-state index in [1.54, 1.807) is 0 Å². The van der Waals surface area contributed by atoms with E-state index in [0.29, 0.717) is 0 Å². The molecule has 0 amide bonds. The summed E-state index contributed by atoms with van der Waals surface area (Å²) >= 11 is 0. The predicted octanol–water partition coefficient (Wildman–Crippen LogP) is 1.08. The van der Waals surface area contributed by atoms with Crippen molar-refractivity contribution in [1.29, 1.82) is 5.26 Å². The van der Waals surface area contributed by atoms with Crippen LogP contribution in [0.25, 0.3) is 0 Å². The monoisotopic (exact) mass is 153 g/mol. The molecule has 0 bridgehead atoms. The van der Waals surface area contributed by atoms with Crippen molar-refractivity contribution in [2.45, 2.75) is 27.2 Å². The van der Waals surface area contributed by atoms with E-state index in [4.69, 9.17) is 5.26 Å². The largest absolute Gasteiger partial charge is 0.300 e. The Balaban J connectivity index is 4.51. The van der Waals surface area contributed by atoms with Gasteiger partial charge < -0.3 is 0 Å². The van der Waals surface area contributed by atoms with E-state index >= 15 is 0 Å². The highest BCUT2D eigenvalue weighted by Crippen LogP contribution is 2.21. The first-order valence-electron chi connectivity index (χ1n) is 3.34. The second-order valence-corrected chi connectivity index (χ2v) is 2.88. The normalized spacial score (nSPS) is 14.7. The summed E-state index contributed by atoms with van der Waals surface area (Å²) in [7, 11) is 0. The number of carbonyl (C=O) groups excluding carboxylic acids is 2. The highest BCUT2D eigenvalue weighted by molar-refractivity contribution is 5.90. The molecule has 0 aliphatic carbocycles. The number of rotatable bonds is 3. The third-order valence-corrected chi connectivity index (χ3v) is 1.63. The molecule has 0 aliphatic rings. The van der Waals surface area contributed by atoms with Crippen molar-refractivity contribution in [2.24, 2.45) is 5.41 Å². The number of ketones is 2. The number of Topliss-reactive ketones (excluding diaryl/α,β-unsaturated/α-hetero) is 2. The average Bonchev–Trinajstić information content (AvgIpc) is 1.86. The van der Waals surface area contributed by atoms with Crippen LogP contribution >= 0.6 is 0 Å². The number of nitrogens with zero attached hydrogens (tertiary/aromatic N) is 1. The van der Waals surface area contributed by atoms with E-state index in [-0.39, 0.29) is 18.0 Å². The van der Waals surface area contributed by atoms with Crippen molar-refractivity contribution in [3.05, 3.63) is 0 Å². The molecule has 0 aromatic rings. The second kappa shape index (κ2) is 3.29. The van der Waals surface area contributed by atoms with Crippen LogP contribution in [0.4, 0.5) is 0 Å². The van der Waals surface area contributed by atoms with E-state index in [1.165, 1.54) is 20.8 Å². The van der Waals surface area contributed by atoms with Crippen LogP contribution in [-0.4, -0.2) is 11.6 Å². The maximum Gasteiger partial charge on any atom is 0.150 e. The molecule has 11 heavy (non-hydrogen) atoms. The lowest BCUT2D eigenvalue weighted by Crippen LogP contribution is -2.25. The predicted molar refractivity (Wildman–Crippen MR) is 39.7 cm³/mol. The molecule has 0 fully saturated rings. The number of hydrogen-bond donors (Lipinski definition) is 0. The van der Waals surface area contributed by atoms with E-state index in [2.05, 4.69) is 0 Å². The molecule has 3 heteroatoms. The molecule has 1 atom stereocenters. The van der Waals surface area contributed by atoms with Gasteiger partial charge in [-0.05, 0) is 20.8 Å². The van der Waals surface area contributed by atoms with Gasteiger partial charge in [0.25, 0.3) is 0 Å². The van der Waals surface area contributed by atoms with Gasteiger partial charge in [0, 0.05) is 6.42 Å². The zero-order valence-corrected chi connectivity index (χ0v) is 6.97. The number of hydrogen-bond acceptors (Lipinski definition) is 3. The minimum atomic E-state index is -1.12. The van der Waals surface area contributed by atoms with Crippen molar-refractivity contribution < 1.29 is 9.59 Å². The van der Waals surface area contributed by atoms with Crippen molar-refractivity contribution in [3.63, 3.8) is 0 Å². The second-order valence-electron chi connectivity index (χ2n) is 2.88. The summed E-state index contributed by atoms with van der Waals surface area (Å²) in [6.45, 7) is 4.18. The van der Waals surface area contributed by atoms with E-state index in [0.717, 1.165) is 0 Å². The Kier molecular flexibility index (Phi) is 2.94. The molecule has 0 radical (unpaired) electrons. The Morgan fingerprint density at radius 3 is 2.00 bits per heavy atom. The molecule has 0 aliphatic heterocycles. The summed E-state index contributed by atoms with van der Waals surface area (Å²) in [5, 5.41) is 8.58. The van der Waals surface area contributed by atoms with Crippen LogP contribution in [-0.2, 0) is 9.59 Å². The molecule has 0 heterocycles. The summed E-state index contributed by atoms with van der Waals surface area (Å²) < 4.78 is 0. The molecule has 60 valence electrons. The van der Waals surface area contributed by atoms with Gasteiger partial charge in [0.05, 0.1) is 6.07 Å². The number of nitriles is 1. The fourth-order valence-electron chi connectivity index (χ4n) is 0.741. The van der Waals surface area contributed by atoms with Gasteiger partial charge in [0.15, 0.2) is 0 Å². The molecule has 3 nitrogen and oxygen atoms in total. The fraction of sp³-hybridized carbons (Fsp3) is 0.625. The first-order chi connectivity index (χ1) is 4.92. The topological polar surface area (TPSA) is 57.9 Å². The highest BCUT2D eigenvalue weighted by Gasteiger charge is 2.30. The Morgan fingerprint density at radius 2 is 1.91 bits per heavy atom. The third kappa shape index (κ3) is 2.50. The van der Waals surface area contributed by atoms with Gasteiger partial charge >= 0.3 is 0 Å². The van der Waals surface area contributed by atoms with Gasteiger partial charge in [-0.25, -0.2) is 0 Å². The lowest BCUT2D eigenvalue weighted by molar-refractivity contribution is -0.128. The Labute approximate surface area is 66.0 Å². The van der Waals surface area contributed by atoms with E-state index in [1.807, 2.05) is 6.07 Å². The van der Waals surface area contributed by atoms with Crippen molar-refractivity contribution in [3.8, 4) is 6.07 Å². The fourth-order valence-corrected chi connectivity index (χ4v) is 0.741. The van der Waals surface area contributed by atoms with Crippen LogP contribution in [0.1, 0.15) is 27.2 Å². The van der Waals surface area contributed by atoms with Gasteiger partial charge in [0.1, 0.15) is 17.0 Å². The third-order valence-electron chi connectivity index (χ3n) is 1.63. The van der Waals surface area contributed by atoms with Crippen LogP contribution in [0.5, 0.6) is 0 Å². The minimum Gasteiger partial charge on any atom is -0.300 e. The Bertz CT molecular complexity index is 227. The summed E-state index contributed by atoms with van der Waals surface area (Å²) in [4.78, 5) is 21.5. The molecule has 0 saturated carbocycles. The van der Waals surface area contributed by atoms with Gasteiger partial charge in [0.2, 0.25) is 0 Å². The van der Waals surface area contributed by atoms with Crippen LogP contribution < -0.4 is 0 Å². The molecule has 0 rings (SSSR count). The van der Waals surface area contributed by atoms with Crippen molar-refractivity contribution >= 4 is 11.6 Å². The quantitative estimate of drug-likeness (QED) is 0.609. The molecule has 1 unspecified atom stereocenters. The van der Waals surface area contributed by atoms with Crippen LogP contribution in [0, 0.1) is 16.7 Å². The first-order valence-corrected chi connectivity index (χ1v) is 3.34. The molecule has 0 aromatic carbocycles. The van der Waals surface area contributed by atoms with Crippen LogP contribution in [0.2, 0.25) is 0 Å². The highest BCUT2D eigenvalue weighted by atomic mass is 16.1. The molecular weight excluding hydrogens is 142 g/mol. The molecular formula is C8H11NO2. The van der Waals surface area contributed by atoms with Crippen molar-refractivity contribution in [1.82, 2.24) is 0 Å². The Hall–Kier alpha value is -1.17. The maximum absolute atomic E-state index is 10.9. The number of carbonyl (C=O) groups is 2. The summed E-state index contributed by atoms with van der Waals surface area (Å²) in [6.07, 6.45) is 0.0127. The lowest BCUT2D eigenvalue weighted by Gasteiger charge is -2.14. The molecule has 0 saturated heterocycles. The summed E-state index contributed by atoms with van der Waals surface area (Å²) in [6, 6.07) is 1.84. The van der Waals surface area contributed by atoms with E-state index in [9.17, 15) is 9.59 Å². The zero-order chi connectivity index (χ0) is 9.07. The SMILES string of the molecule is CC(=O)CC(C)(C#N)C(C)=O. The standard InChI is InChI=1S/C8H11NO2/c1-6(10)4-8(3,5-9)7(2)11/h4H2,1-3H3. The minimum absolute atomic E-state index is 0.0127. The summed E-state index contributed by atoms with van der Waals surface area (Å²) in [5.74, 6) is -0.389. The smallest absolute Gasteiger partial charge is 0.150 e. The zero-order valence-electron chi connectivity index (χ0n) is 6.97. The maximum atomic E-state index is 10.9. The average molecular weight is 153 g/mol. The van der Waals surface area contributed by atoms with Crippen molar-refractivity contribution in [2.75, 3.05) is 0 Å². The lowest BCUT2D eigenvalue weighted by atomic mass is 9.83. The van der Waals surface area contributed by atoms with Crippen LogP contribution in [0.15, 0.2) is 0 Å². The summed E-state index contributed by atoms with van der Waals surface area (Å²) in [5.41, 5.74) is -1.12. The molecule has 0 N–H and O–H groups in total. The molecule has 0 aromatic heterocycles. The van der Waals surface area contributed by atoms with Gasteiger partial charge in [-0.1, -0.05) is 0 Å². The van der Waals surface area contributed by atoms with Crippen LogP contribution in [0.3, 0.4) is 0 Å². The Morgan fingerprint density at radius 1 is 1.45 bits per heavy atom. The first kappa shape index (κ1) is 9.83.